The molecular weight excluding hydrogens is 234 g/mol. The van der Waals surface area contributed by atoms with E-state index in [0.717, 1.165) is 16.0 Å². The van der Waals surface area contributed by atoms with Gasteiger partial charge in [-0.15, -0.1) is 0 Å². The molecule has 1 unspecified atom stereocenters. The molecular formula is C12H17N3O3. The molecule has 98 valence electrons. The number of nitrogens with zero attached hydrogens (tertiary/aromatic N) is 2. The molecule has 0 radical (unpaired) electrons. The van der Waals surface area contributed by atoms with Gasteiger partial charge in [0.1, 0.15) is 6.04 Å². The first-order chi connectivity index (χ1) is 8.43. The van der Waals surface area contributed by atoms with Crippen LogP contribution in [0.4, 0.5) is 4.79 Å². The highest BCUT2D eigenvalue weighted by molar-refractivity contribution is 5.82. The van der Waals surface area contributed by atoms with E-state index in [0.29, 0.717) is 6.54 Å². The maximum atomic E-state index is 11.7. The van der Waals surface area contributed by atoms with Gasteiger partial charge < -0.3 is 15.3 Å². The summed E-state index contributed by atoms with van der Waals surface area (Å²) in [6, 6.07) is 0.542. The molecule has 2 N–H and O–H groups in total. The fourth-order valence-electron chi connectivity index (χ4n) is 1.34. The molecule has 6 heteroatoms. The lowest BCUT2D eigenvalue weighted by molar-refractivity contribution is -0.141. The van der Waals surface area contributed by atoms with E-state index < -0.39 is 18.0 Å². The molecule has 6 nitrogen and oxygen atoms in total. The second-order valence-electron chi connectivity index (χ2n) is 4.09. The Morgan fingerprint density at radius 1 is 1.56 bits per heavy atom. The highest BCUT2D eigenvalue weighted by atomic mass is 16.4. The first-order valence-electron chi connectivity index (χ1n) is 5.56. The van der Waals surface area contributed by atoms with Crippen molar-refractivity contribution in [3.63, 3.8) is 0 Å². The van der Waals surface area contributed by atoms with Gasteiger partial charge in [-0.05, 0) is 31.0 Å². The Morgan fingerprint density at radius 2 is 2.22 bits per heavy atom. The number of pyridine rings is 1. The lowest BCUT2D eigenvalue weighted by Gasteiger charge is -2.22. The van der Waals surface area contributed by atoms with E-state index in [1.54, 1.807) is 12.4 Å². The minimum Gasteiger partial charge on any atom is -0.480 e. The van der Waals surface area contributed by atoms with E-state index in [1.165, 1.54) is 14.0 Å². The predicted molar refractivity (Wildman–Crippen MR) is 66.1 cm³/mol. The number of urea groups is 1. The standard InChI is InChI=1S/C12H17N3O3/c1-8-6-13-5-4-10(8)7-14-12(18)15(3)9(2)11(16)17/h4-6,9H,7H2,1-3H3,(H,14,18)(H,16,17). The number of carbonyl (C=O) groups is 2. The first-order valence-corrected chi connectivity index (χ1v) is 5.56. The average Bonchev–Trinajstić information content (AvgIpc) is 2.35. The van der Waals surface area contributed by atoms with Crippen LogP contribution in [0.25, 0.3) is 0 Å². The minimum absolute atomic E-state index is 0.351. The van der Waals surface area contributed by atoms with Crippen LogP contribution in [0.15, 0.2) is 18.5 Å². The van der Waals surface area contributed by atoms with Gasteiger partial charge in [-0.1, -0.05) is 0 Å². The number of carboxylic acid groups (broad SMARTS) is 1. The molecule has 2 amide bonds. The molecule has 1 heterocycles. The highest BCUT2D eigenvalue weighted by Crippen LogP contribution is 2.05. The monoisotopic (exact) mass is 251 g/mol. The molecule has 0 spiro atoms. The van der Waals surface area contributed by atoms with E-state index in [2.05, 4.69) is 10.3 Å². The second-order valence-corrected chi connectivity index (χ2v) is 4.09. The maximum absolute atomic E-state index is 11.7. The Labute approximate surface area is 106 Å². The van der Waals surface area contributed by atoms with E-state index in [9.17, 15) is 9.59 Å². The molecule has 0 aromatic carbocycles. The smallest absolute Gasteiger partial charge is 0.326 e. The third-order valence-electron chi connectivity index (χ3n) is 2.83. The molecule has 0 aliphatic heterocycles. The van der Waals surface area contributed by atoms with Crippen LogP contribution < -0.4 is 5.32 Å². The number of carbonyl (C=O) groups excluding carboxylic acids is 1. The zero-order valence-corrected chi connectivity index (χ0v) is 10.7. The van der Waals surface area contributed by atoms with Crippen LogP contribution >= 0.6 is 0 Å². The summed E-state index contributed by atoms with van der Waals surface area (Å²) >= 11 is 0. The molecule has 0 aliphatic carbocycles. The molecule has 0 saturated carbocycles. The number of aromatic nitrogens is 1. The summed E-state index contributed by atoms with van der Waals surface area (Å²) in [4.78, 5) is 27.6. The number of hydrogen-bond donors (Lipinski definition) is 2. The number of aryl methyl sites for hydroxylation is 1. The van der Waals surface area contributed by atoms with E-state index >= 15 is 0 Å². The molecule has 1 aromatic rings. The van der Waals surface area contributed by atoms with Gasteiger partial charge in [0.15, 0.2) is 0 Å². The number of aliphatic carboxylic acids is 1. The second kappa shape index (κ2) is 6.00. The number of likely N-dealkylation sites (N-methyl/N-ethyl adjacent to an activating group) is 1. The normalized spacial score (nSPS) is 11.7. The fourth-order valence-corrected chi connectivity index (χ4v) is 1.34. The summed E-state index contributed by atoms with van der Waals surface area (Å²) in [5.74, 6) is -1.03. The van der Waals surface area contributed by atoms with Gasteiger partial charge in [0.25, 0.3) is 0 Å². The minimum atomic E-state index is -1.03. The van der Waals surface area contributed by atoms with Crippen molar-refractivity contribution < 1.29 is 14.7 Å². The zero-order chi connectivity index (χ0) is 13.7. The van der Waals surface area contributed by atoms with Crippen molar-refractivity contribution in [1.29, 1.82) is 0 Å². The Kier molecular flexibility index (Phi) is 4.65. The van der Waals surface area contributed by atoms with Crippen molar-refractivity contribution in [2.45, 2.75) is 26.4 Å². The van der Waals surface area contributed by atoms with Gasteiger partial charge in [-0.25, -0.2) is 9.59 Å². The fraction of sp³-hybridized carbons (Fsp3) is 0.417. The number of hydrogen-bond acceptors (Lipinski definition) is 3. The predicted octanol–water partition coefficient (Wildman–Crippen LogP) is 1.00. The molecule has 1 rings (SSSR count). The van der Waals surface area contributed by atoms with E-state index in [1.807, 2.05) is 13.0 Å². The lowest BCUT2D eigenvalue weighted by Crippen LogP contribution is -2.45. The molecule has 0 bridgehead atoms. The molecule has 1 aromatic heterocycles. The summed E-state index contributed by atoms with van der Waals surface area (Å²) in [5.41, 5.74) is 1.93. The van der Waals surface area contributed by atoms with Crippen molar-refractivity contribution >= 4 is 12.0 Å². The molecule has 0 aliphatic rings. The van der Waals surface area contributed by atoms with E-state index in [4.69, 9.17) is 5.11 Å². The van der Waals surface area contributed by atoms with Gasteiger partial charge in [0, 0.05) is 26.0 Å². The van der Waals surface area contributed by atoms with E-state index in [-0.39, 0.29) is 0 Å². The average molecular weight is 251 g/mol. The van der Waals surface area contributed by atoms with Gasteiger partial charge in [0.2, 0.25) is 0 Å². The highest BCUT2D eigenvalue weighted by Gasteiger charge is 2.21. The molecule has 0 saturated heterocycles. The molecule has 0 fully saturated rings. The third kappa shape index (κ3) is 3.44. The number of carboxylic acids is 1. The Balaban J connectivity index is 2.56. The Hall–Kier alpha value is -2.11. The number of rotatable bonds is 4. The summed E-state index contributed by atoms with van der Waals surface area (Å²) < 4.78 is 0. The summed E-state index contributed by atoms with van der Waals surface area (Å²) in [5, 5.41) is 11.5. The van der Waals surface area contributed by atoms with Gasteiger partial charge in [-0.3, -0.25) is 4.98 Å². The van der Waals surface area contributed by atoms with Crippen molar-refractivity contribution in [1.82, 2.24) is 15.2 Å². The summed E-state index contributed by atoms with van der Waals surface area (Å²) in [7, 11) is 1.45. The van der Waals surface area contributed by atoms with Crippen molar-refractivity contribution in [2.24, 2.45) is 0 Å². The van der Waals surface area contributed by atoms with Crippen LogP contribution in [0, 0.1) is 6.92 Å². The first kappa shape index (κ1) is 14.0. The van der Waals surface area contributed by atoms with Gasteiger partial charge in [0.05, 0.1) is 0 Å². The zero-order valence-electron chi connectivity index (χ0n) is 10.7. The maximum Gasteiger partial charge on any atom is 0.326 e. The number of amides is 2. The molecule has 1 atom stereocenters. The largest absolute Gasteiger partial charge is 0.480 e. The summed E-state index contributed by atoms with van der Waals surface area (Å²) in [6.07, 6.45) is 3.36. The van der Waals surface area contributed by atoms with Crippen molar-refractivity contribution in [3.8, 4) is 0 Å². The van der Waals surface area contributed by atoms with Gasteiger partial charge >= 0.3 is 12.0 Å². The Bertz CT molecular complexity index is 448. The molecule has 18 heavy (non-hydrogen) atoms. The topological polar surface area (TPSA) is 82.5 Å². The van der Waals surface area contributed by atoms with Crippen LogP contribution in [0.3, 0.4) is 0 Å². The third-order valence-corrected chi connectivity index (χ3v) is 2.83. The SMILES string of the molecule is Cc1cnccc1CNC(=O)N(C)C(C)C(=O)O. The lowest BCUT2D eigenvalue weighted by atomic mass is 10.1. The van der Waals surface area contributed by atoms with Crippen molar-refractivity contribution in [3.05, 3.63) is 29.6 Å². The Morgan fingerprint density at radius 3 is 2.78 bits per heavy atom. The van der Waals surface area contributed by atoms with Gasteiger partial charge in [-0.2, -0.15) is 0 Å². The van der Waals surface area contributed by atoms with Crippen LogP contribution in [0.5, 0.6) is 0 Å². The summed E-state index contributed by atoms with van der Waals surface area (Å²) in [6.45, 7) is 3.71. The van der Waals surface area contributed by atoms with Crippen LogP contribution in [0.2, 0.25) is 0 Å². The van der Waals surface area contributed by atoms with Crippen LogP contribution in [0.1, 0.15) is 18.1 Å². The number of nitrogens with one attached hydrogen (secondary N) is 1. The van der Waals surface area contributed by atoms with Crippen LogP contribution in [-0.4, -0.2) is 40.1 Å². The quantitative estimate of drug-likeness (QED) is 0.836. The van der Waals surface area contributed by atoms with Crippen LogP contribution in [-0.2, 0) is 11.3 Å². The van der Waals surface area contributed by atoms with Crippen molar-refractivity contribution in [2.75, 3.05) is 7.05 Å².